The molecule has 0 spiro atoms. The van der Waals surface area contributed by atoms with Crippen LogP contribution in [0.2, 0.25) is 0 Å². The average molecular weight is 362 g/mol. The predicted molar refractivity (Wildman–Crippen MR) is 92.0 cm³/mol. The first-order valence-corrected chi connectivity index (χ1v) is 7.47. The summed E-state index contributed by atoms with van der Waals surface area (Å²) in [4.78, 5) is 23.3. The van der Waals surface area contributed by atoms with Crippen molar-refractivity contribution in [2.75, 3.05) is 21.3 Å². The maximum Gasteiger partial charge on any atom is 0.327 e. The van der Waals surface area contributed by atoms with Gasteiger partial charge in [0, 0.05) is 18.2 Å². The Morgan fingerprint density at radius 3 is 2.35 bits per heavy atom. The lowest BCUT2D eigenvalue weighted by atomic mass is 10.1. The molecule has 0 saturated heterocycles. The summed E-state index contributed by atoms with van der Waals surface area (Å²) in [6.45, 7) is -0.0146. The monoisotopic (exact) mass is 362 g/mol. The van der Waals surface area contributed by atoms with E-state index < -0.39 is 16.5 Å². The molecule has 0 aliphatic rings. The molecule has 26 heavy (non-hydrogen) atoms. The molecular weight excluding hydrogens is 344 g/mol. The van der Waals surface area contributed by atoms with Crippen LogP contribution in [0.4, 0.5) is 5.69 Å². The summed E-state index contributed by atoms with van der Waals surface area (Å²) in [7, 11) is 3.88. The highest BCUT2D eigenvalue weighted by atomic mass is 16.6. The number of rotatable bonds is 7. The molecule has 0 aliphatic carbocycles. The molecule has 0 aromatic heterocycles. The lowest BCUT2D eigenvalue weighted by Crippen LogP contribution is -2.24. The Morgan fingerprint density at radius 2 is 1.81 bits per heavy atom. The van der Waals surface area contributed by atoms with Gasteiger partial charge in [0.05, 0.1) is 26.3 Å². The van der Waals surface area contributed by atoms with Crippen molar-refractivity contribution in [3.63, 3.8) is 0 Å². The number of phenolic OH excluding ortho intramolecular Hbond substituents is 1. The van der Waals surface area contributed by atoms with Crippen LogP contribution in [-0.2, 0) is 6.54 Å². The van der Waals surface area contributed by atoms with Crippen LogP contribution in [-0.4, -0.2) is 37.3 Å². The van der Waals surface area contributed by atoms with Gasteiger partial charge in [0.1, 0.15) is 11.3 Å². The quantitative estimate of drug-likeness (QED) is 0.572. The summed E-state index contributed by atoms with van der Waals surface area (Å²) >= 11 is 0. The van der Waals surface area contributed by atoms with Crippen LogP contribution in [0.25, 0.3) is 0 Å². The van der Waals surface area contributed by atoms with Crippen LogP contribution in [0.15, 0.2) is 30.3 Å². The molecule has 0 atom stereocenters. The topological polar surface area (TPSA) is 120 Å². The Morgan fingerprint density at radius 1 is 1.15 bits per heavy atom. The van der Waals surface area contributed by atoms with Crippen LogP contribution in [0.3, 0.4) is 0 Å². The van der Waals surface area contributed by atoms with Crippen molar-refractivity contribution in [2.24, 2.45) is 0 Å². The molecule has 2 aromatic rings. The second kappa shape index (κ2) is 8.06. The predicted octanol–water partition coefficient (Wildman–Crippen LogP) is 2.26. The van der Waals surface area contributed by atoms with Gasteiger partial charge in [0.15, 0.2) is 5.75 Å². The molecule has 0 aliphatic heterocycles. The number of hydrogen-bond donors (Lipinski definition) is 2. The zero-order valence-corrected chi connectivity index (χ0v) is 14.4. The molecule has 9 nitrogen and oxygen atoms in total. The first kappa shape index (κ1) is 18.8. The number of benzene rings is 2. The number of hydrogen-bond acceptors (Lipinski definition) is 7. The fourth-order valence-corrected chi connectivity index (χ4v) is 2.43. The van der Waals surface area contributed by atoms with Gasteiger partial charge in [-0.05, 0) is 6.07 Å². The number of carbonyl (C=O) groups excluding carboxylic acids is 1. The van der Waals surface area contributed by atoms with E-state index in [1.54, 1.807) is 18.2 Å². The van der Waals surface area contributed by atoms with Crippen molar-refractivity contribution in [2.45, 2.75) is 6.54 Å². The Labute approximate surface area is 149 Å². The lowest BCUT2D eigenvalue weighted by molar-refractivity contribution is -0.386. The number of carbonyl (C=O) groups is 1. The maximum absolute atomic E-state index is 12.5. The second-order valence-electron chi connectivity index (χ2n) is 5.11. The molecule has 2 rings (SSSR count). The maximum atomic E-state index is 12.5. The third-order valence-electron chi connectivity index (χ3n) is 3.66. The lowest BCUT2D eigenvalue weighted by Gasteiger charge is -2.15. The number of aromatic hydroxyl groups is 1. The van der Waals surface area contributed by atoms with Crippen LogP contribution in [0.1, 0.15) is 15.9 Å². The van der Waals surface area contributed by atoms with Crippen LogP contribution < -0.4 is 19.5 Å². The molecule has 2 N–H and O–H groups in total. The van der Waals surface area contributed by atoms with Crippen molar-refractivity contribution in [1.82, 2.24) is 5.32 Å². The minimum atomic E-state index is -0.726. The summed E-state index contributed by atoms with van der Waals surface area (Å²) in [5.74, 6) is -0.808. The summed E-state index contributed by atoms with van der Waals surface area (Å²) in [6.07, 6.45) is 0. The molecule has 0 radical (unpaired) electrons. The van der Waals surface area contributed by atoms with Crippen molar-refractivity contribution in [3.05, 3.63) is 51.6 Å². The third kappa shape index (κ3) is 3.61. The summed E-state index contributed by atoms with van der Waals surface area (Å²) in [5, 5.41) is 23.8. The van der Waals surface area contributed by atoms with Gasteiger partial charge in [-0.3, -0.25) is 14.9 Å². The van der Waals surface area contributed by atoms with E-state index in [1.165, 1.54) is 33.5 Å². The number of nitro benzene ring substituents is 1. The van der Waals surface area contributed by atoms with E-state index in [0.717, 1.165) is 0 Å². The van der Waals surface area contributed by atoms with Gasteiger partial charge >= 0.3 is 5.69 Å². The van der Waals surface area contributed by atoms with Crippen LogP contribution >= 0.6 is 0 Å². The number of para-hydroxylation sites is 1. The summed E-state index contributed by atoms with van der Waals surface area (Å²) in [5.41, 5.74) is -0.323. The van der Waals surface area contributed by atoms with E-state index >= 15 is 0 Å². The minimum Gasteiger partial charge on any atom is -0.508 e. The zero-order valence-electron chi connectivity index (χ0n) is 14.4. The minimum absolute atomic E-state index is 0.00666. The number of nitrogens with zero attached hydrogens (tertiary/aromatic N) is 1. The average Bonchev–Trinajstić information content (AvgIpc) is 2.64. The molecule has 0 fully saturated rings. The van der Waals surface area contributed by atoms with Gasteiger partial charge < -0.3 is 24.6 Å². The van der Waals surface area contributed by atoms with Gasteiger partial charge in [0.2, 0.25) is 11.5 Å². The van der Waals surface area contributed by atoms with Crippen LogP contribution in [0.5, 0.6) is 23.0 Å². The van der Waals surface area contributed by atoms with Crippen molar-refractivity contribution >= 4 is 11.6 Å². The van der Waals surface area contributed by atoms with Gasteiger partial charge in [-0.1, -0.05) is 18.2 Å². The second-order valence-corrected chi connectivity index (χ2v) is 5.11. The zero-order chi connectivity index (χ0) is 19.3. The van der Waals surface area contributed by atoms with E-state index in [-0.39, 0.29) is 35.1 Å². The smallest absolute Gasteiger partial charge is 0.327 e. The highest BCUT2D eigenvalue weighted by Gasteiger charge is 2.32. The summed E-state index contributed by atoms with van der Waals surface area (Å²) in [6, 6.07) is 7.65. The van der Waals surface area contributed by atoms with E-state index in [1.807, 2.05) is 0 Å². The molecular formula is C17H18N2O7. The molecule has 0 heterocycles. The van der Waals surface area contributed by atoms with E-state index in [0.29, 0.717) is 5.56 Å². The van der Waals surface area contributed by atoms with E-state index in [9.17, 15) is 20.0 Å². The number of nitro groups is 1. The molecule has 1 amide bonds. The van der Waals surface area contributed by atoms with Crippen molar-refractivity contribution in [1.29, 1.82) is 0 Å². The van der Waals surface area contributed by atoms with Gasteiger partial charge in [-0.15, -0.1) is 0 Å². The number of methoxy groups -OCH3 is 3. The molecule has 0 unspecified atom stereocenters. The summed E-state index contributed by atoms with van der Waals surface area (Å²) < 4.78 is 15.3. The number of amides is 1. The third-order valence-corrected chi connectivity index (χ3v) is 3.66. The van der Waals surface area contributed by atoms with Gasteiger partial charge in [-0.2, -0.15) is 0 Å². The molecule has 0 bridgehead atoms. The Bertz CT molecular complexity index is 836. The molecule has 9 heteroatoms. The molecule has 138 valence electrons. The highest BCUT2D eigenvalue weighted by molar-refractivity contribution is 6.00. The van der Waals surface area contributed by atoms with Gasteiger partial charge in [0.25, 0.3) is 5.91 Å². The number of phenols is 1. The largest absolute Gasteiger partial charge is 0.508 e. The van der Waals surface area contributed by atoms with E-state index in [2.05, 4.69) is 5.32 Å². The number of nitrogens with one attached hydrogen (secondary N) is 1. The van der Waals surface area contributed by atoms with Crippen LogP contribution in [0, 0.1) is 10.1 Å². The fraction of sp³-hybridized carbons (Fsp3) is 0.235. The van der Waals surface area contributed by atoms with Crippen molar-refractivity contribution in [3.8, 4) is 23.0 Å². The number of ether oxygens (including phenoxy) is 3. The van der Waals surface area contributed by atoms with Crippen molar-refractivity contribution < 1.29 is 29.0 Å². The first-order valence-electron chi connectivity index (χ1n) is 7.47. The molecule has 2 aromatic carbocycles. The Hall–Kier alpha value is -3.49. The van der Waals surface area contributed by atoms with E-state index in [4.69, 9.17) is 14.2 Å². The SMILES string of the molecule is COc1cc(C(=O)NCc2ccccc2O)c([N+](=O)[O-])c(OC)c1OC. The normalized spacial score (nSPS) is 10.1. The first-order chi connectivity index (χ1) is 12.4. The molecule has 0 saturated carbocycles. The van der Waals surface area contributed by atoms with Gasteiger partial charge in [-0.25, -0.2) is 0 Å². The standard InChI is InChI=1S/C17H18N2O7/c1-24-13-8-11(14(19(22)23)16(26-3)15(13)25-2)17(21)18-9-10-6-4-5-7-12(10)20/h4-8,20H,9H2,1-3H3,(H,18,21). The fourth-order valence-electron chi connectivity index (χ4n) is 2.43. The Kier molecular flexibility index (Phi) is 5.84. The highest BCUT2D eigenvalue weighted by Crippen LogP contribution is 2.46. The Balaban J connectivity index is 2.45.